The maximum atomic E-state index is 12.9. The first-order valence-corrected chi connectivity index (χ1v) is 17.5. The normalized spacial score (nSPS) is 13.3. The lowest BCUT2D eigenvalue weighted by Gasteiger charge is -2.17. The second-order valence-corrected chi connectivity index (χ2v) is 12.3. The molecule has 6 nitrogen and oxygen atoms in total. The van der Waals surface area contributed by atoms with Crippen molar-refractivity contribution in [1.29, 1.82) is 0 Å². The molecule has 43 heavy (non-hydrogen) atoms. The van der Waals surface area contributed by atoms with Crippen LogP contribution >= 0.6 is 0 Å². The van der Waals surface area contributed by atoms with Crippen LogP contribution in [0, 0.1) is 24.7 Å². The molecule has 246 valence electrons. The molecule has 0 amide bonds. The highest BCUT2D eigenvalue weighted by Gasteiger charge is 2.20. The minimum absolute atomic E-state index is 0.228. The molecule has 0 aliphatic rings. The third-order valence-electron chi connectivity index (χ3n) is 8.87. The Kier molecular flexibility index (Phi) is 20.7. The molecule has 0 bridgehead atoms. The van der Waals surface area contributed by atoms with Crippen LogP contribution in [0.2, 0.25) is 0 Å². The van der Waals surface area contributed by atoms with E-state index in [0.717, 1.165) is 96.3 Å². The lowest BCUT2D eigenvalue weighted by molar-refractivity contribution is -0.135. The van der Waals surface area contributed by atoms with E-state index >= 15 is 0 Å². The van der Waals surface area contributed by atoms with Crippen LogP contribution in [-0.2, 0) is 14.4 Å². The van der Waals surface area contributed by atoms with Crippen molar-refractivity contribution in [3.8, 4) is 17.2 Å². The third-order valence-corrected chi connectivity index (χ3v) is 8.87. The van der Waals surface area contributed by atoms with Crippen LogP contribution in [0.5, 0.6) is 17.2 Å². The quantitative estimate of drug-likeness (QED) is 0.0865. The average molecular weight is 603 g/mol. The van der Waals surface area contributed by atoms with E-state index in [2.05, 4.69) is 41.5 Å². The number of unbranched alkanes of at least 4 members (excludes halogenated alkanes) is 3. The molecule has 0 aliphatic heterocycles. The number of carbonyl (C=O) groups is 3. The summed E-state index contributed by atoms with van der Waals surface area (Å²) in [5, 5.41) is 0. The molecular formula is C37H62O6. The Morgan fingerprint density at radius 3 is 1.16 bits per heavy atom. The van der Waals surface area contributed by atoms with Gasteiger partial charge in [0.1, 0.15) is 17.2 Å². The van der Waals surface area contributed by atoms with E-state index in [1.165, 1.54) is 0 Å². The molecule has 0 aromatic heterocycles. The molecule has 0 radical (unpaired) electrons. The Bertz CT molecular complexity index is 884. The molecule has 6 heteroatoms. The zero-order valence-corrected chi connectivity index (χ0v) is 28.6. The number of hydrogen-bond donors (Lipinski definition) is 0. The average Bonchev–Trinajstić information content (AvgIpc) is 2.99. The summed E-state index contributed by atoms with van der Waals surface area (Å²) in [6, 6.07) is 3.15. The van der Waals surface area contributed by atoms with Gasteiger partial charge in [-0.1, -0.05) is 119 Å². The molecule has 0 aliphatic carbocycles. The second kappa shape index (κ2) is 23.1. The molecule has 0 heterocycles. The number of esters is 3. The first-order chi connectivity index (χ1) is 20.7. The van der Waals surface area contributed by atoms with E-state index in [1.54, 1.807) is 19.1 Å². The second-order valence-electron chi connectivity index (χ2n) is 12.3. The fourth-order valence-corrected chi connectivity index (χ4v) is 5.54. The summed E-state index contributed by atoms with van der Waals surface area (Å²) in [6.07, 6.45) is 16.6. The van der Waals surface area contributed by atoms with Gasteiger partial charge in [0.2, 0.25) is 0 Å². The highest BCUT2D eigenvalue weighted by atomic mass is 16.6. The summed E-state index contributed by atoms with van der Waals surface area (Å²) < 4.78 is 17.3. The van der Waals surface area contributed by atoms with Crippen molar-refractivity contribution in [1.82, 2.24) is 0 Å². The van der Waals surface area contributed by atoms with Crippen molar-refractivity contribution in [2.24, 2.45) is 17.8 Å². The maximum absolute atomic E-state index is 12.9. The van der Waals surface area contributed by atoms with Crippen molar-refractivity contribution in [3.05, 3.63) is 17.7 Å². The van der Waals surface area contributed by atoms with E-state index in [9.17, 15) is 14.4 Å². The summed E-state index contributed by atoms with van der Waals surface area (Å²) in [7, 11) is 0. The van der Waals surface area contributed by atoms with Crippen LogP contribution in [0.25, 0.3) is 0 Å². The summed E-state index contributed by atoms with van der Waals surface area (Å²) in [5.74, 6) is 1.24. The van der Waals surface area contributed by atoms with Crippen molar-refractivity contribution < 1.29 is 28.6 Å². The maximum Gasteiger partial charge on any atom is 0.311 e. The van der Waals surface area contributed by atoms with Gasteiger partial charge in [-0.05, 0) is 43.9 Å². The standard InChI is InChI=1S/C37H62O6/c1-8-14-17-29(11-4)20-23-35(38)41-32-26-33(42-36(39)24-21-30(12-5)18-15-9-2)28(7)34(27-32)43-37(40)25-22-31(13-6)19-16-10-3/h26-27,29-31H,8-25H2,1-7H3. The Balaban J connectivity index is 3.05. The first-order valence-electron chi connectivity index (χ1n) is 17.5. The largest absolute Gasteiger partial charge is 0.426 e. The number of carbonyl (C=O) groups excluding carboxylic acids is 3. The molecule has 1 rings (SSSR count). The van der Waals surface area contributed by atoms with Crippen LogP contribution in [0.4, 0.5) is 0 Å². The number of benzene rings is 1. The fourth-order valence-electron chi connectivity index (χ4n) is 5.54. The Hall–Kier alpha value is -2.37. The van der Waals surface area contributed by atoms with Gasteiger partial charge in [-0.2, -0.15) is 0 Å². The Morgan fingerprint density at radius 2 is 0.860 bits per heavy atom. The molecule has 3 atom stereocenters. The van der Waals surface area contributed by atoms with Gasteiger partial charge < -0.3 is 14.2 Å². The van der Waals surface area contributed by atoms with Gasteiger partial charge in [-0.15, -0.1) is 0 Å². The molecule has 0 spiro atoms. The van der Waals surface area contributed by atoms with Crippen molar-refractivity contribution in [2.45, 2.75) is 164 Å². The predicted molar refractivity (Wildman–Crippen MR) is 176 cm³/mol. The molecule has 1 aromatic carbocycles. The summed E-state index contributed by atoms with van der Waals surface area (Å²) >= 11 is 0. The van der Waals surface area contributed by atoms with Crippen molar-refractivity contribution in [2.75, 3.05) is 0 Å². The number of rotatable bonds is 24. The predicted octanol–water partition coefficient (Wildman–Crippen LogP) is 10.7. The molecule has 0 fully saturated rings. The Morgan fingerprint density at radius 1 is 0.535 bits per heavy atom. The summed E-state index contributed by atoms with van der Waals surface area (Å²) in [5.41, 5.74) is 0.545. The minimum Gasteiger partial charge on any atom is -0.426 e. The fraction of sp³-hybridized carbons (Fsp3) is 0.757. The van der Waals surface area contributed by atoms with Gasteiger partial charge in [0.15, 0.2) is 0 Å². The van der Waals surface area contributed by atoms with Crippen LogP contribution < -0.4 is 14.2 Å². The highest BCUT2D eigenvalue weighted by molar-refractivity contribution is 5.77. The monoisotopic (exact) mass is 602 g/mol. The molecule has 0 saturated carbocycles. The van der Waals surface area contributed by atoms with Gasteiger partial charge in [-0.3, -0.25) is 14.4 Å². The molecule has 0 saturated heterocycles. The van der Waals surface area contributed by atoms with E-state index in [-0.39, 0.29) is 35.2 Å². The summed E-state index contributed by atoms with van der Waals surface area (Å²) in [4.78, 5) is 38.6. The van der Waals surface area contributed by atoms with Gasteiger partial charge in [0.05, 0.1) is 0 Å². The molecular weight excluding hydrogens is 540 g/mol. The third kappa shape index (κ3) is 16.3. The first kappa shape index (κ1) is 38.7. The van der Waals surface area contributed by atoms with E-state index < -0.39 is 0 Å². The van der Waals surface area contributed by atoms with Gasteiger partial charge >= 0.3 is 17.9 Å². The summed E-state index contributed by atoms with van der Waals surface area (Å²) in [6.45, 7) is 14.8. The number of hydrogen-bond acceptors (Lipinski definition) is 6. The van der Waals surface area contributed by atoms with Gasteiger partial charge in [0, 0.05) is 37.0 Å². The van der Waals surface area contributed by atoms with Crippen molar-refractivity contribution in [3.63, 3.8) is 0 Å². The Labute approximate surface area is 263 Å². The van der Waals surface area contributed by atoms with Gasteiger partial charge in [-0.25, -0.2) is 0 Å². The highest BCUT2D eigenvalue weighted by Crippen LogP contribution is 2.35. The minimum atomic E-state index is -0.336. The zero-order chi connectivity index (χ0) is 32.0. The van der Waals surface area contributed by atoms with Crippen LogP contribution in [0.1, 0.15) is 163 Å². The van der Waals surface area contributed by atoms with E-state index in [0.29, 0.717) is 42.6 Å². The van der Waals surface area contributed by atoms with E-state index in [1.807, 2.05) is 0 Å². The molecule has 0 N–H and O–H groups in total. The lowest BCUT2D eigenvalue weighted by Crippen LogP contribution is -2.15. The molecule has 1 aromatic rings. The topological polar surface area (TPSA) is 78.9 Å². The van der Waals surface area contributed by atoms with Crippen molar-refractivity contribution >= 4 is 17.9 Å². The SMILES string of the molecule is CCCCC(CC)CCC(=O)Oc1cc(OC(=O)CCC(CC)CCCC)c(C)c(OC(=O)CCC(CC)CCCC)c1. The lowest BCUT2D eigenvalue weighted by atomic mass is 9.94. The van der Waals surface area contributed by atoms with Crippen LogP contribution in [0.15, 0.2) is 12.1 Å². The smallest absolute Gasteiger partial charge is 0.311 e. The van der Waals surface area contributed by atoms with E-state index in [4.69, 9.17) is 14.2 Å². The van der Waals surface area contributed by atoms with Crippen LogP contribution in [0.3, 0.4) is 0 Å². The number of ether oxygens (including phenoxy) is 3. The van der Waals surface area contributed by atoms with Crippen LogP contribution in [-0.4, -0.2) is 17.9 Å². The van der Waals surface area contributed by atoms with Gasteiger partial charge in [0.25, 0.3) is 0 Å². The molecule has 3 unspecified atom stereocenters. The zero-order valence-electron chi connectivity index (χ0n) is 28.6.